The first kappa shape index (κ1) is 24.8. The van der Waals surface area contributed by atoms with Crippen LogP contribution in [0.3, 0.4) is 0 Å². The number of likely N-dealkylation sites (tertiary alicyclic amines) is 1. The Kier molecular flexibility index (Phi) is 8.30. The summed E-state index contributed by atoms with van der Waals surface area (Å²) in [5.41, 5.74) is 5.40. The predicted molar refractivity (Wildman–Crippen MR) is 139 cm³/mol. The second-order valence-electron chi connectivity index (χ2n) is 9.51. The molecule has 2 fully saturated rings. The fourth-order valence-corrected chi connectivity index (χ4v) is 5.07. The molecule has 0 aromatic heterocycles. The van der Waals surface area contributed by atoms with Gasteiger partial charge in [-0.2, -0.15) is 0 Å². The molecule has 1 amide bonds. The molecule has 5 rings (SSSR count). The van der Waals surface area contributed by atoms with Crippen molar-refractivity contribution in [3.05, 3.63) is 59.2 Å². The maximum Gasteiger partial charge on any atom is 0.249 e. The van der Waals surface area contributed by atoms with Crippen molar-refractivity contribution in [2.45, 2.75) is 51.1 Å². The number of nitrogens with one attached hydrogen (secondary N) is 1. The first-order valence-corrected chi connectivity index (χ1v) is 12.3. The first-order valence-electron chi connectivity index (χ1n) is 12.3. The lowest BCUT2D eigenvalue weighted by Crippen LogP contribution is -2.49. The standard InChI is InChI=1S/C28H34N2O3.ClH/c1-20-2-4-21(5-3-20)22-6-7-27-24(18-22)19-23(10-17-33-27)28(31)30-13-8-25(9-14-30)29-26-11-15-32-16-12-26;/h2-7,18-19,25-26,29H,8-17H2,1H3;1H. The van der Waals surface area contributed by atoms with Gasteiger partial charge in [0.2, 0.25) is 5.91 Å². The fraction of sp³-hybridized carbons (Fsp3) is 0.464. The highest BCUT2D eigenvalue weighted by atomic mass is 35.5. The summed E-state index contributed by atoms with van der Waals surface area (Å²) < 4.78 is 11.5. The van der Waals surface area contributed by atoms with Crippen molar-refractivity contribution in [1.29, 1.82) is 0 Å². The highest BCUT2D eigenvalue weighted by molar-refractivity contribution is 5.98. The van der Waals surface area contributed by atoms with Crippen LogP contribution in [0, 0.1) is 6.92 Å². The lowest BCUT2D eigenvalue weighted by Gasteiger charge is -2.36. The van der Waals surface area contributed by atoms with E-state index in [2.05, 4.69) is 54.7 Å². The number of fused-ring (bicyclic) bond motifs is 1. The van der Waals surface area contributed by atoms with Crippen molar-refractivity contribution in [3.8, 4) is 16.9 Å². The molecular formula is C28H35ClN2O3. The predicted octanol–water partition coefficient (Wildman–Crippen LogP) is 5.01. The topological polar surface area (TPSA) is 50.8 Å². The van der Waals surface area contributed by atoms with Gasteiger partial charge in [0.15, 0.2) is 0 Å². The van der Waals surface area contributed by atoms with Crippen LogP contribution in [0.1, 0.15) is 43.2 Å². The monoisotopic (exact) mass is 482 g/mol. The van der Waals surface area contributed by atoms with Crippen LogP contribution in [-0.4, -0.2) is 55.8 Å². The number of benzene rings is 2. The van der Waals surface area contributed by atoms with Crippen LogP contribution < -0.4 is 10.1 Å². The minimum atomic E-state index is 0. The molecule has 0 spiro atoms. The zero-order chi connectivity index (χ0) is 22.6. The Morgan fingerprint density at radius 3 is 2.32 bits per heavy atom. The molecule has 3 heterocycles. The fourth-order valence-electron chi connectivity index (χ4n) is 5.07. The minimum Gasteiger partial charge on any atom is -0.493 e. The average Bonchev–Trinajstić information content (AvgIpc) is 3.07. The van der Waals surface area contributed by atoms with Crippen molar-refractivity contribution in [2.24, 2.45) is 0 Å². The van der Waals surface area contributed by atoms with E-state index in [0.717, 1.165) is 74.4 Å². The molecule has 0 saturated carbocycles. The number of amides is 1. The van der Waals surface area contributed by atoms with Crippen molar-refractivity contribution in [3.63, 3.8) is 0 Å². The molecular weight excluding hydrogens is 448 g/mol. The number of rotatable bonds is 4. The molecule has 5 nitrogen and oxygen atoms in total. The van der Waals surface area contributed by atoms with Crippen LogP contribution in [0.5, 0.6) is 5.75 Å². The number of halogens is 1. The van der Waals surface area contributed by atoms with Gasteiger partial charge in [-0.25, -0.2) is 0 Å². The molecule has 3 aliphatic heterocycles. The number of piperidine rings is 1. The van der Waals surface area contributed by atoms with Gasteiger partial charge in [0.25, 0.3) is 0 Å². The van der Waals surface area contributed by atoms with Crippen LogP contribution in [0.15, 0.2) is 48.0 Å². The molecule has 6 heteroatoms. The second-order valence-corrected chi connectivity index (χ2v) is 9.51. The summed E-state index contributed by atoms with van der Waals surface area (Å²) in [5.74, 6) is 1.02. The Balaban J connectivity index is 0.00000274. The molecule has 182 valence electrons. The summed E-state index contributed by atoms with van der Waals surface area (Å²) in [7, 11) is 0. The van der Waals surface area contributed by atoms with Gasteiger partial charge in [0.05, 0.1) is 6.61 Å². The van der Waals surface area contributed by atoms with E-state index in [1.807, 2.05) is 11.0 Å². The molecule has 0 bridgehead atoms. The van der Waals surface area contributed by atoms with Gasteiger partial charge in [-0.15, -0.1) is 12.4 Å². The summed E-state index contributed by atoms with van der Waals surface area (Å²) in [5, 5.41) is 3.79. The molecule has 0 atom stereocenters. The van der Waals surface area contributed by atoms with E-state index in [1.54, 1.807) is 0 Å². The van der Waals surface area contributed by atoms with Crippen LogP contribution in [0.4, 0.5) is 0 Å². The highest BCUT2D eigenvalue weighted by Crippen LogP contribution is 2.32. The van der Waals surface area contributed by atoms with Crippen LogP contribution in [0.2, 0.25) is 0 Å². The molecule has 3 aliphatic rings. The first-order chi connectivity index (χ1) is 16.2. The Labute approximate surface area is 208 Å². The SMILES string of the molecule is Cc1ccc(-c2ccc3c(c2)C=C(C(=O)N2CCC(NC4CCOCC4)CC2)CCO3)cc1.Cl. The third-order valence-corrected chi connectivity index (χ3v) is 7.10. The highest BCUT2D eigenvalue weighted by Gasteiger charge is 2.27. The Morgan fingerprint density at radius 2 is 1.59 bits per heavy atom. The zero-order valence-electron chi connectivity index (χ0n) is 19.9. The van der Waals surface area contributed by atoms with Gasteiger partial charge in [-0.1, -0.05) is 35.9 Å². The second kappa shape index (κ2) is 11.4. The summed E-state index contributed by atoms with van der Waals surface area (Å²) >= 11 is 0. The molecule has 0 aliphatic carbocycles. The summed E-state index contributed by atoms with van der Waals surface area (Å²) in [4.78, 5) is 15.4. The number of hydrogen-bond donors (Lipinski definition) is 1. The van der Waals surface area contributed by atoms with Crippen LogP contribution >= 0.6 is 12.4 Å². The Morgan fingerprint density at radius 1 is 0.912 bits per heavy atom. The van der Waals surface area contributed by atoms with Gasteiger partial charge in [0, 0.05) is 55.9 Å². The van der Waals surface area contributed by atoms with Crippen molar-refractivity contribution < 1.29 is 14.3 Å². The van der Waals surface area contributed by atoms with Crippen LogP contribution in [0.25, 0.3) is 17.2 Å². The summed E-state index contributed by atoms with van der Waals surface area (Å²) in [6, 6.07) is 15.9. The molecule has 2 aromatic carbocycles. The van der Waals surface area contributed by atoms with E-state index in [-0.39, 0.29) is 18.3 Å². The molecule has 0 radical (unpaired) electrons. The lowest BCUT2D eigenvalue weighted by atomic mass is 9.98. The smallest absolute Gasteiger partial charge is 0.249 e. The lowest BCUT2D eigenvalue weighted by molar-refractivity contribution is -0.128. The molecule has 1 N–H and O–H groups in total. The number of ether oxygens (including phenoxy) is 2. The van der Waals surface area contributed by atoms with E-state index in [0.29, 0.717) is 25.1 Å². The Bertz CT molecular complexity index is 1010. The number of hydrogen-bond acceptors (Lipinski definition) is 4. The molecule has 2 saturated heterocycles. The number of nitrogens with zero attached hydrogens (tertiary/aromatic N) is 1. The van der Waals surface area contributed by atoms with Gasteiger partial charge >= 0.3 is 0 Å². The Hall–Kier alpha value is -2.34. The maximum absolute atomic E-state index is 13.4. The zero-order valence-corrected chi connectivity index (χ0v) is 20.7. The van der Waals surface area contributed by atoms with Gasteiger partial charge in [-0.05, 0) is 61.9 Å². The van der Waals surface area contributed by atoms with E-state index in [9.17, 15) is 4.79 Å². The average molecular weight is 483 g/mol. The summed E-state index contributed by atoms with van der Waals surface area (Å²) in [6.45, 7) is 5.98. The quantitative estimate of drug-likeness (QED) is 0.665. The van der Waals surface area contributed by atoms with Gasteiger partial charge in [0.1, 0.15) is 5.75 Å². The maximum atomic E-state index is 13.4. The van der Waals surface area contributed by atoms with E-state index in [4.69, 9.17) is 9.47 Å². The minimum absolute atomic E-state index is 0. The van der Waals surface area contributed by atoms with Crippen molar-refractivity contribution >= 4 is 24.4 Å². The largest absolute Gasteiger partial charge is 0.493 e. The molecule has 0 unspecified atom stereocenters. The third-order valence-electron chi connectivity index (χ3n) is 7.10. The third kappa shape index (κ3) is 5.83. The number of carbonyl (C=O) groups excluding carboxylic acids is 1. The van der Waals surface area contributed by atoms with E-state index in [1.165, 1.54) is 11.1 Å². The molecule has 2 aromatic rings. The van der Waals surface area contributed by atoms with Crippen molar-refractivity contribution in [1.82, 2.24) is 10.2 Å². The number of carbonyl (C=O) groups is 1. The van der Waals surface area contributed by atoms with E-state index < -0.39 is 0 Å². The number of aryl methyl sites for hydroxylation is 1. The van der Waals surface area contributed by atoms with E-state index >= 15 is 0 Å². The molecule has 34 heavy (non-hydrogen) atoms. The normalized spacial score (nSPS) is 19.3. The summed E-state index contributed by atoms with van der Waals surface area (Å²) in [6.07, 6.45) is 6.91. The van der Waals surface area contributed by atoms with Gasteiger partial charge in [-0.3, -0.25) is 4.79 Å². The van der Waals surface area contributed by atoms with Gasteiger partial charge < -0.3 is 19.7 Å². The van der Waals surface area contributed by atoms with Crippen LogP contribution in [-0.2, 0) is 9.53 Å². The van der Waals surface area contributed by atoms with Crippen molar-refractivity contribution in [2.75, 3.05) is 32.9 Å².